The fourth-order valence-corrected chi connectivity index (χ4v) is 1.01. The van der Waals surface area contributed by atoms with E-state index in [1.165, 1.54) is 6.92 Å². The van der Waals surface area contributed by atoms with Crippen molar-refractivity contribution in [1.29, 1.82) is 0 Å². The van der Waals surface area contributed by atoms with Crippen LogP contribution in [-0.4, -0.2) is 33.2 Å². The average Bonchev–Trinajstić information content (AvgIpc) is 1.84. The Kier molecular flexibility index (Phi) is 4.41. The van der Waals surface area contributed by atoms with Gasteiger partial charge in [0.05, 0.1) is 0 Å². The van der Waals surface area contributed by atoms with Crippen LogP contribution >= 0.6 is 7.60 Å². The number of hydrogen-bond donors (Lipinski definition) is 4. The molecule has 0 rings (SSSR count). The molecule has 0 radical (unpaired) electrons. The third kappa shape index (κ3) is 5.26. The van der Waals surface area contributed by atoms with Crippen molar-refractivity contribution in [2.75, 3.05) is 6.54 Å². The van der Waals surface area contributed by atoms with E-state index in [4.69, 9.17) is 14.9 Å². The molecule has 0 aromatic carbocycles. The number of aliphatic hydroxyl groups excluding tert-OH is 1. The minimum Gasteiger partial charge on any atom is -0.380 e. The SMILES string of the molecule is CC(=O)NCCC(O)P(=O)(O)O. The van der Waals surface area contributed by atoms with E-state index in [1.54, 1.807) is 0 Å². The zero-order chi connectivity index (χ0) is 9.78. The lowest BCUT2D eigenvalue weighted by atomic mass is 10.4. The second-order valence-corrected chi connectivity index (χ2v) is 4.12. The maximum atomic E-state index is 10.3. The summed E-state index contributed by atoms with van der Waals surface area (Å²) in [5.41, 5.74) is 0. The molecule has 0 bridgehead atoms. The van der Waals surface area contributed by atoms with E-state index in [2.05, 4.69) is 5.32 Å². The molecule has 0 aromatic rings. The Morgan fingerprint density at radius 3 is 2.42 bits per heavy atom. The van der Waals surface area contributed by atoms with Gasteiger partial charge in [-0.25, -0.2) is 0 Å². The van der Waals surface area contributed by atoms with Crippen molar-refractivity contribution >= 4 is 13.5 Å². The second kappa shape index (κ2) is 4.57. The standard InChI is InChI=1S/C5H12NO5P/c1-4(7)6-3-2-5(8)12(9,10)11/h5,8H,2-3H2,1H3,(H,6,7)(H2,9,10,11). The Balaban J connectivity index is 3.65. The largest absolute Gasteiger partial charge is 0.380 e. The quantitative estimate of drug-likeness (QED) is 0.433. The van der Waals surface area contributed by atoms with Crippen molar-refractivity contribution in [1.82, 2.24) is 5.32 Å². The summed E-state index contributed by atoms with van der Waals surface area (Å²) in [7, 11) is -4.41. The molecule has 0 aromatic heterocycles. The van der Waals surface area contributed by atoms with E-state index in [1.807, 2.05) is 0 Å². The summed E-state index contributed by atoms with van der Waals surface area (Å²) in [6.45, 7) is 1.34. The van der Waals surface area contributed by atoms with Crippen molar-refractivity contribution in [3.63, 3.8) is 0 Å². The maximum absolute atomic E-state index is 10.3. The molecule has 7 heteroatoms. The average molecular weight is 197 g/mol. The third-order valence-electron chi connectivity index (χ3n) is 1.16. The Bertz CT molecular complexity index is 200. The van der Waals surface area contributed by atoms with Crippen LogP contribution in [0.15, 0.2) is 0 Å². The van der Waals surface area contributed by atoms with Gasteiger partial charge < -0.3 is 20.2 Å². The first kappa shape index (κ1) is 11.6. The Hall–Kier alpha value is -0.420. The first-order valence-corrected chi connectivity index (χ1v) is 5.00. The van der Waals surface area contributed by atoms with Gasteiger partial charge in [0.15, 0.2) is 5.85 Å². The molecule has 12 heavy (non-hydrogen) atoms. The van der Waals surface area contributed by atoms with E-state index in [9.17, 15) is 9.36 Å². The summed E-state index contributed by atoms with van der Waals surface area (Å²) < 4.78 is 10.3. The summed E-state index contributed by atoms with van der Waals surface area (Å²) in [5.74, 6) is -1.99. The van der Waals surface area contributed by atoms with Crippen molar-refractivity contribution in [3.05, 3.63) is 0 Å². The van der Waals surface area contributed by atoms with Gasteiger partial charge in [-0.1, -0.05) is 0 Å². The zero-order valence-corrected chi connectivity index (χ0v) is 7.49. The van der Waals surface area contributed by atoms with Gasteiger partial charge in [-0.05, 0) is 0 Å². The highest BCUT2D eigenvalue weighted by Gasteiger charge is 2.25. The van der Waals surface area contributed by atoms with Gasteiger partial charge in [0.1, 0.15) is 0 Å². The highest BCUT2D eigenvalue weighted by molar-refractivity contribution is 7.52. The van der Waals surface area contributed by atoms with Crippen molar-refractivity contribution in [2.24, 2.45) is 0 Å². The van der Waals surface area contributed by atoms with Gasteiger partial charge in [0.2, 0.25) is 5.91 Å². The van der Waals surface area contributed by atoms with Crippen LogP contribution in [0.5, 0.6) is 0 Å². The van der Waals surface area contributed by atoms with Crippen LogP contribution in [0.1, 0.15) is 13.3 Å². The van der Waals surface area contributed by atoms with Crippen LogP contribution in [0.25, 0.3) is 0 Å². The fourth-order valence-electron chi connectivity index (χ4n) is 0.545. The molecule has 1 atom stereocenters. The van der Waals surface area contributed by atoms with Gasteiger partial charge in [-0.3, -0.25) is 9.36 Å². The van der Waals surface area contributed by atoms with Crippen molar-refractivity contribution in [2.45, 2.75) is 19.2 Å². The molecule has 0 heterocycles. The van der Waals surface area contributed by atoms with Crippen LogP contribution in [0.3, 0.4) is 0 Å². The molecule has 6 nitrogen and oxygen atoms in total. The molecule has 0 fully saturated rings. The number of amides is 1. The molecule has 0 aliphatic carbocycles. The first-order valence-electron chi connectivity index (χ1n) is 3.31. The normalized spacial score (nSPS) is 14.0. The van der Waals surface area contributed by atoms with Crippen LogP contribution in [0.2, 0.25) is 0 Å². The Morgan fingerprint density at radius 2 is 2.08 bits per heavy atom. The number of rotatable bonds is 4. The predicted molar refractivity (Wildman–Crippen MR) is 41.4 cm³/mol. The number of carbonyl (C=O) groups is 1. The van der Waals surface area contributed by atoms with Gasteiger partial charge >= 0.3 is 7.60 Å². The Morgan fingerprint density at radius 1 is 1.58 bits per heavy atom. The minimum absolute atomic E-state index is 0.0572. The zero-order valence-electron chi connectivity index (χ0n) is 6.60. The van der Waals surface area contributed by atoms with Gasteiger partial charge in [0.25, 0.3) is 0 Å². The highest BCUT2D eigenvalue weighted by atomic mass is 31.2. The fraction of sp³-hybridized carbons (Fsp3) is 0.800. The van der Waals surface area contributed by atoms with Gasteiger partial charge in [-0.15, -0.1) is 0 Å². The van der Waals surface area contributed by atoms with Crippen molar-refractivity contribution in [3.8, 4) is 0 Å². The van der Waals surface area contributed by atoms with E-state index >= 15 is 0 Å². The molecular weight excluding hydrogens is 185 g/mol. The van der Waals surface area contributed by atoms with Crippen molar-refractivity contribution < 1.29 is 24.3 Å². The smallest absolute Gasteiger partial charge is 0.353 e. The predicted octanol–water partition coefficient (Wildman–Crippen LogP) is -0.991. The summed E-state index contributed by atoms with van der Waals surface area (Å²) in [6.07, 6.45) is -0.149. The minimum atomic E-state index is -4.41. The van der Waals surface area contributed by atoms with Gasteiger partial charge in [-0.2, -0.15) is 0 Å². The molecule has 4 N–H and O–H groups in total. The highest BCUT2D eigenvalue weighted by Crippen LogP contribution is 2.40. The molecule has 0 spiro atoms. The molecule has 0 aliphatic heterocycles. The summed E-state index contributed by atoms with van der Waals surface area (Å²) >= 11 is 0. The van der Waals surface area contributed by atoms with Crippen LogP contribution < -0.4 is 5.32 Å². The van der Waals surface area contributed by atoms with E-state index < -0.39 is 13.4 Å². The third-order valence-corrected chi connectivity index (χ3v) is 2.20. The lowest BCUT2D eigenvalue weighted by Gasteiger charge is -2.11. The molecular formula is C5H12NO5P. The van der Waals surface area contributed by atoms with Crippen LogP contribution in [0.4, 0.5) is 0 Å². The number of hydrogen-bond acceptors (Lipinski definition) is 3. The summed E-state index contributed by atoms with van der Waals surface area (Å²) in [4.78, 5) is 27.1. The lowest BCUT2D eigenvalue weighted by molar-refractivity contribution is -0.119. The van der Waals surface area contributed by atoms with E-state index in [0.29, 0.717) is 0 Å². The molecule has 0 saturated heterocycles. The monoisotopic (exact) mass is 197 g/mol. The molecule has 0 saturated carbocycles. The summed E-state index contributed by atoms with van der Waals surface area (Å²) in [5, 5.41) is 11.1. The van der Waals surface area contributed by atoms with Crippen LogP contribution in [0, 0.1) is 0 Å². The number of carbonyl (C=O) groups excluding carboxylic acids is 1. The summed E-state index contributed by atoms with van der Waals surface area (Å²) in [6, 6.07) is 0. The lowest BCUT2D eigenvalue weighted by Crippen LogP contribution is -2.24. The maximum Gasteiger partial charge on any atom is 0.353 e. The van der Waals surface area contributed by atoms with Gasteiger partial charge in [0, 0.05) is 19.9 Å². The van der Waals surface area contributed by atoms with E-state index in [-0.39, 0.29) is 18.9 Å². The molecule has 1 amide bonds. The first-order chi connectivity index (χ1) is 5.34. The topological polar surface area (TPSA) is 107 Å². The number of nitrogens with one attached hydrogen (secondary N) is 1. The number of aliphatic hydroxyl groups is 1. The van der Waals surface area contributed by atoms with E-state index in [0.717, 1.165) is 0 Å². The van der Waals surface area contributed by atoms with Crippen LogP contribution in [-0.2, 0) is 9.36 Å². The molecule has 1 unspecified atom stereocenters. The molecule has 0 aliphatic rings. The molecule has 72 valence electrons. The Labute approximate surface area is 69.8 Å². The second-order valence-electron chi connectivity index (χ2n) is 2.34.